The molecule has 1 N–H and O–H groups in total. The minimum atomic E-state index is -3.71. The van der Waals surface area contributed by atoms with Crippen LogP contribution in [0.25, 0.3) is 10.1 Å². The SMILES string of the molecule is N#Cc1cccc(CN2CC[C@@H](CNS(=O)(=O)c3cc4ccc(Cl)cc4s3)C2=O)c1. The van der Waals surface area contributed by atoms with Crippen LogP contribution in [0.5, 0.6) is 0 Å². The second kappa shape index (κ2) is 8.36. The van der Waals surface area contributed by atoms with E-state index in [-0.39, 0.29) is 16.7 Å². The van der Waals surface area contributed by atoms with Gasteiger partial charge < -0.3 is 4.90 Å². The zero-order valence-corrected chi connectivity index (χ0v) is 18.2. The number of hydrogen-bond acceptors (Lipinski definition) is 5. The molecule has 1 aromatic heterocycles. The van der Waals surface area contributed by atoms with Crippen LogP contribution >= 0.6 is 22.9 Å². The highest BCUT2D eigenvalue weighted by atomic mass is 35.5. The van der Waals surface area contributed by atoms with Gasteiger partial charge in [-0.2, -0.15) is 5.26 Å². The average Bonchev–Trinajstić information content (AvgIpc) is 3.31. The Morgan fingerprint density at radius 2 is 2.07 bits per heavy atom. The van der Waals surface area contributed by atoms with Crippen LogP contribution in [0.2, 0.25) is 5.02 Å². The largest absolute Gasteiger partial charge is 0.338 e. The number of carbonyl (C=O) groups is 1. The minimum absolute atomic E-state index is 0.0604. The molecule has 9 heteroatoms. The Hall–Kier alpha value is -2.44. The van der Waals surface area contributed by atoms with Gasteiger partial charge in [-0.25, -0.2) is 13.1 Å². The lowest BCUT2D eigenvalue weighted by Gasteiger charge is -2.17. The van der Waals surface area contributed by atoms with Gasteiger partial charge in [0.1, 0.15) is 4.21 Å². The first-order valence-electron chi connectivity index (χ1n) is 9.32. The van der Waals surface area contributed by atoms with Gasteiger partial charge in [-0.3, -0.25) is 4.79 Å². The number of nitrogens with zero attached hydrogens (tertiary/aromatic N) is 2. The Labute approximate surface area is 183 Å². The Morgan fingerprint density at radius 3 is 2.87 bits per heavy atom. The summed E-state index contributed by atoms with van der Waals surface area (Å²) in [5.41, 5.74) is 1.43. The predicted octanol–water partition coefficient (Wildman–Crippen LogP) is 3.75. The third-order valence-corrected chi connectivity index (χ3v) is 8.31. The molecule has 0 saturated carbocycles. The van der Waals surface area contributed by atoms with E-state index in [4.69, 9.17) is 16.9 Å². The Kier molecular flexibility index (Phi) is 5.80. The highest BCUT2D eigenvalue weighted by Gasteiger charge is 2.32. The van der Waals surface area contributed by atoms with E-state index >= 15 is 0 Å². The summed E-state index contributed by atoms with van der Waals surface area (Å²) in [7, 11) is -3.71. The van der Waals surface area contributed by atoms with Crippen LogP contribution < -0.4 is 4.72 Å². The molecule has 6 nitrogen and oxygen atoms in total. The van der Waals surface area contributed by atoms with E-state index in [1.54, 1.807) is 47.4 Å². The van der Waals surface area contributed by atoms with Gasteiger partial charge in [0.2, 0.25) is 15.9 Å². The smallest absolute Gasteiger partial charge is 0.250 e. The van der Waals surface area contributed by atoms with Crippen LogP contribution in [0.3, 0.4) is 0 Å². The molecule has 1 fully saturated rings. The van der Waals surface area contributed by atoms with E-state index in [9.17, 15) is 13.2 Å². The van der Waals surface area contributed by atoms with Crippen LogP contribution in [0.1, 0.15) is 17.5 Å². The maximum Gasteiger partial charge on any atom is 0.250 e. The lowest BCUT2D eigenvalue weighted by atomic mass is 10.1. The number of nitrogens with one attached hydrogen (secondary N) is 1. The molecule has 0 radical (unpaired) electrons. The quantitative estimate of drug-likeness (QED) is 0.607. The second-order valence-electron chi connectivity index (χ2n) is 7.16. The highest BCUT2D eigenvalue weighted by molar-refractivity contribution is 7.91. The number of halogens is 1. The van der Waals surface area contributed by atoms with E-state index < -0.39 is 15.9 Å². The van der Waals surface area contributed by atoms with Crippen molar-refractivity contribution in [3.8, 4) is 6.07 Å². The van der Waals surface area contributed by atoms with Crippen molar-refractivity contribution in [2.75, 3.05) is 13.1 Å². The number of carbonyl (C=O) groups excluding carboxylic acids is 1. The van der Waals surface area contributed by atoms with E-state index in [1.165, 1.54) is 0 Å². The lowest BCUT2D eigenvalue weighted by molar-refractivity contribution is -0.131. The molecule has 2 aromatic carbocycles. The maximum absolute atomic E-state index is 12.7. The number of nitriles is 1. The molecular weight excluding hydrogens is 442 g/mol. The van der Waals surface area contributed by atoms with Gasteiger partial charge in [0.05, 0.1) is 17.6 Å². The topological polar surface area (TPSA) is 90.3 Å². The molecule has 3 aromatic rings. The molecular formula is C21H18ClN3O3S2. The van der Waals surface area contributed by atoms with Crippen molar-refractivity contribution in [1.82, 2.24) is 9.62 Å². The fraction of sp³-hybridized carbons (Fsp3) is 0.238. The second-order valence-corrected chi connectivity index (χ2v) is 10.7. The predicted molar refractivity (Wildman–Crippen MR) is 117 cm³/mol. The first kappa shape index (κ1) is 20.8. The number of thiophene rings is 1. The molecule has 1 saturated heterocycles. The summed E-state index contributed by atoms with van der Waals surface area (Å²) in [6.45, 7) is 1.03. The van der Waals surface area contributed by atoms with E-state index in [0.29, 0.717) is 30.1 Å². The number of fused-ring (bicyclic) bond motifs is 1. The molecule has 4 rings (SSSR count). The minimum Gasteiger partial charge on any atom is -0.338 e. The summed E-state index contributed by atoms with van der Waals surface area (Å²) in [5, 5.41) is 10.4. The van der Waals surface area contributed by atoms with Gasteiger partial charge in [0.15, 0.2) is 0 Å². The van der Waals surface area contributed by atoms with Crippen LogP contribution in [0.4, 0.5) is 0 Å². The molecule has 0 unspecified atom stereocenters. The molecule has 0 bridgehead atoms. The van der Waals surface area contributed by atoms with Gasteiger partial charge in [-0.05, 0) is 47.7 Å². The molecule has 154 valence electrons. The number of sulfonamides is 1. The van der Waals surface area contributed by atoms with Gasteiger partial charge in [-0.1, -0.05) is 29.8 Å². The van der Waals surface area contributed by atoms with E-state index in [1.807, 2.05) is 6.07 Å². The first-order chi connectivity index (χ1) is 14.4. The van der Waals surface area contributed by atoms with Crippen molar-refractivity contribution in [2.24, 2.45) is 5.92 Å². The average molecular weight is 460 g/mol. The first-order valence-corrected chi connectivity index (χ1v) is 12.0. The normalized spacial score (nSPS) is 16.9. The number of likely N-dealkylation sites (tertiary alicyclic amines) is 1. The molecule has 30 heavy (non-hydrogen) atoms. The molecule has 0 spiro atoms. The summed E-state index contributed by atoms with van der Waals surface area (Å²) in [6.07, 6.45) is 0.585. The zero-order valence-electron chi connectivity index (χ0n) is 15.8. The van der Waals surface area contributed by atoms with Crippen LogP contribution in [0.15, 0.2) is 52.7 Å². The molecule has 1 aliphatic heterocycles. The monoisotopic (exact) mass is 459 g/mol. The summed E-state index contributed by atoms with van der Waals surface area (Å²) in [5.74, 6) is -0.481. The molecule has 0 aliphatic carbocycles. The Bertz CT molecular complexity index is 1260. The third-order valence-electron chi connectivity index (χ3n) is 5.08. The van der Waals surface area contributed by atoms with Crippen molar-refractivity contribution in [3.05, 3.63) is 64.7 Å². The summed E-state index contributed by atoms with van der Waals surface area (Å²) in [6, 6.07) is 16.1. The van der Waals surface area contributed by atoms with Crippen molar-refractivity contribution in [1.29, 1.82) is 5.26 Å². The van der Waals surface area contributed by atoms with Crippen molar-refractivity contribution >= 4 is 49.0 Å². The summed E-state index contributed by atoms with van der Waals surface area (Å²) < 4.78 is 29.0. The van der Waals surface area contributed by atoms with Crippen LogP contribution in [-0.4, -0.2) is 32.3 Å². The summed E-state index contributed by atoms with van der Waals surface area (Å²) >= 11 is 7.13. The van der Waals surface area contributed by atoms with Crippen molar-refractivity contribution in [3.63, 3.8) is 0 Å². The molecule has 1 amide bonds. The fourth-order valence-corrected chi connectivity index (χ4v) is 6.30. The summed E-state index contributed by atoms with van der Waals surface area (Å²) in [4.78, 5) is 14.4. The van der Waals surface area contributed by atoms with Gasteiger partial charge in [0.25, 0.3) is 0 Å². The fourth-order valence-electron chi connectivity index (χ4n) is 3.50. The van der Waals surface area contributed by atoms with Crippen LogP contribution in [0, 0.1) is 17.2 Å². The maximum atomic E-state index is 12.7. The number of amides is 1. The Morgan fingerprint density at radius 1 is 1.23 bits per heavy atom. The lowest BCUT2D eigenvalue weighted by Crippen LogP contribution is -2.34. The van der Waals surface area contributed by atoms with Crippen molar-refractivity contribution < 1.29 is 13.2 Å². The van der Waals surface area contributed by atoms with Crippen LogP contribution in [-0.2, 0) is 21.4 Å². The Balaban J connectivity index is 1.40. The highest BCUT2D eigenvalue weighted by Crippen LogP contribution is 2.31. The third kappa shape index (κ3) is 4.35. The number of benzene rings is 2. The van der Waals surface area contributed by atoms with E-state index in [0.717, 1.165) is 27.0 Å². The van der Waals surface area contributed by atoms with Gasteiger partial charge in [-0.15, -0.1) is 11.3 Å². The van der Waals surface area contributed by atoms with E-state index in [2.05, 4.69) is 10.8 Å². The molecule has 1 atom stereocenters. The number of hydrogen-bond donors (Lipinski definition) is 1. The van der Waals surface area contributed by atoms with Gasteiger partial charge >= 0.3 is 0 Å². The standard InChI is InChI=1S/C21H18ClN3O3S2/c22-18-5-4-16-9-20(29-19(16)10-18)30(27,28)24-12-17-6-7-25(21(17)26)13-15-3-1-2-14(8-15)11-23/h1-5,8-10,17,24H,6-7,12-13H2/t17-/m0/s1. The zero-order chi connectivity index (χ0) is 21.3. The number of rotatable bonds is 6. The van der Waals surface area contributed by atoms with Crippen molar-refractivity contribution in [2.45, 2.75) is 17.2 Å². The molecule has 2 heterocycles. The van der Waals surface area contributed by atoms with Gasteiger partial charge in [0, 0.05) is 29.4 Å². The molecule has 1 aliphatic rings.